The average Bonchev–Trinajstić information content (AvgIpc) is 2.59. The predicted molar refractivity (Wildman–Crippen MR) is 81.6 cm³/mol. The largest absolute Gasteiger partial charge is 0.496 e. The SMILES string of the molecule is COc1ccc(F)cc1COC(=O)c1ccc(OC)c(OC)c1. The second kappa shape index (κ2) is 7.49. The molecule has 0 fully saturated rings. The Morgan fingerprint density at radius 2 is 1.57 bits per heavy atom. The summed E-state index contributed by atoms with van der Waals surface area (Å²) in [6.07, 6.45) is 0. The molecule has 23 heavy (non-hydrogen) atoms. The van der Waals surface area contributed by atoms with Crippen LogP contribution in [0.3, 0.4) is 0 Å². The smallest absolute Gasteiger partial charge is 0.338 e. The van der Waals surface area contributed by atoms with Crippen molar-refractivity contribution in [1.29, 1.82) is 0 Å². The quantitative estimate of drug-likeness (QED) is 0.765. The Kier molecular flexibility index (Phi) is 5.41. The van der Waals surface area contributed by atoms with E-state index in [1.54, 1.807) is 12.1 Å². The minimum atomic E-state index is -0.558. The number of benzene rings is 2. The van der Waals surface area contributed by atoms with Gasteiger partial charge in [0.1, 0.15) is 18.2 Å². The third-order valence-corrected chi connectivity index (χ3v) is 3.22. The Morgan fingerprint density at radius 3 is 2.22 bits per heavy atom. The van der Waals surface area contributed by atoms with Gasteiger partial charge >= 0.3 is 5.97 Å². The lowest BCUT2D eigenvalue weighted by atomic mass is 10.2. The normalized spacial score (nSPS) is 10.1. The Labute approximate surface area is 133 Å². The zero-order valence-electron chi connectivity index (χ0n) is 13.1. The molecule has 5 nitrogen and oxygen atoms in total. The van der Waals surface area contributed by atoms with Crippen LogP contribution in [0.2, 0.25) is 0 Å². The molecule has 0 heterocycles. The van der Waals surface area contributed by atoms with Gasteiger partial charge in [0.05, 0.1) is 26.9 Å². The molecule has 0 bridgehead atoms. The molecule has 0 aliphatic carbocycles. The van der Waals surface area contributed by atoms with E-state index >= 15 is 0 Å². The molecule has 0 atom stereocenters. The van der Waals surface area contributed by atoms with Gasteiger partial charge < -0.3 is 18.9 Å². The number of methoxy groups -OCH3 is 3. The van der Waals surface area contributed by atoms with Gasteiger partial charge in [0, 0.05) is 5.56 Å². The molecule has 0 aromatic heterocycles. The van der Waals surface area contributed by atoms with Gasteiger partial charge in [-0.05, 0) is 36.4 Å². The highest BCUT2D eigenvalue weighted by Crippen LogP contribution is 2.28. The average molecular weight is 320 g/mol. The lowest BCUT2D eigenvalue weighted by Crippen LogP contribution is -2.07. The van der Waals surface area contributed by atoms with E-state index in [0.29, 0.717) is 28.4 Å². The van der Waals surface area contributed by atoms with Crippen LogP contribution in [-0.4, -0.2) is 27.3 Å². The van der Waals surface area contributed by atoms with E-state index in [9.17, 15) is 9.18 Å². The molecular weight excluding hydrogens is 303 g/mol. The highest BCUT2D eigenvalue weighted by Gasteiger charge is 2.13. The van der Waals surface area contributed by atoms with Gasteiger partial charge in [0.2, 0.25) is 0 Å². The summed E-state index contributed by atoms with van der Waals surface area (Å²) in [5.74, 6) is 0.396. The van der Waals surface area contributed by atoms with E-state index in [2.05, 4.69) is 0 Å². The summed E-state index contributed by atoms with van der Waals surface area (Å²) in [4.78, 5) is 12.1. The van der Waals surface area contributed by atoms with Crippen molar-refractivity contribution in [2.75, 3.05) is 21.3 Å². The van der Waals surface area contributed by atoms with Crippen molar-refractivity contribution in [3.05, 3.63) is 53.3 Å². The number of halogens is 1. The van der Waals surface area contributed by atoms with Crippen molar-refractivity contribution in [2.45, 2.75) is 6.61 Å². The summed E-state index contributed by atoms with van der Waals surface area (Å²) in [7, 11) is 4.45. The molecule has 122 valence electrons. The molecular formula is C17H17FO5. The van der Waals surface area contributed by atoms with Gasteiger partial charge in [0.15, 0.2) is 11.5 Å². The maximum absolute atomic E-state index is 13.3. The van der Waals surface area contributed by atoms with Crippen LogP contribution in [0.25, 0.3) is 0 Å². The summed E-state index contributed by atoms with van der Waals surface area (Å²) in [5, 5.41) is 0. The van der Waals surface area contributed by atoms with Gasteiger partial charge in [-0.15, -0.1) is 0 Å². The minimum absolute atomic E-state index is 0.103. The Bertz CT molecular complexity index is 699. The first kappa shape index (κ1) is 16.6. The van der Waals surface area contributed by atoms with Crippen LogP contribution in [-0.2, 0) is 11.3 Å². The molecule has 0 unspecified atom stereocenters. The van der Waals surface area contributed by atoms with E-state index in [0.717, 1.165) is 0 Å². The summed E-state index contributed by atoms with van der Waals surface area (Å²) < 4.78 is 33.8. The molecule has 0 saturated carbocycles. The van der Waals surface area contributed by atoms with Crippen LogP contribution in [0, 0.1) is 5.82 Å². The Morgan fingerprint density at radius 1 is 0.913 bits per heavy atom. The number of hydrogen-bond donors (Lipinski definition) is 0. The highest BCUT2D eigenvalue weighted by molar-refractivity contribution is 5.90. The number of carbonyl (C=O) groups is 1. The molecule has 2 aromatic rings. The van der Waals surface area contributed by atoms with E-state index < -0.39 is 11.8 Å². The topological polar surface area (TPSA) is 54.0 Å². The molecule has 0 aliphatic rings. The van der Waals surface area contributed by atoms with Crippen molar-refractivity contribution in [3.8, 4) is 17.2 Å². The summed E-state index contributed by atoms with van der Waals surface area (Å²) in [5.41, 5.74) is 0.749. The lowest BCUT2D eigenvalue weighted by Gasteiger charge is -2.11. The summed E-state index contributed by atoms with van der Waals surface area (Å²) in [6.45, 7) is -0.103. The predicted octanol–water partition coefficient (Wildman–Crippen LogP) is 3.21. The van der Waals surface area contributed by atoms with Crippen molar-refractivity contribution in [3.63, 3.8) is 0 Å². The van der Waals surface area contributed by atoms with Gasteiger partial charge in [-0.25, -0.2) is 9.18 Å². The molecule has 0 radical (unpaired) electrons. The number of rotatable bonds is 6. The third-order valence-electron chi connectivity index (χ3n) is 3.22. The van der Waals surface area contributed by atoms with Gasteiger partial charge in [0.25, 0.3) is 0 Å². The van der Waals surface area contributed by atoms with Gasteiger partial charge in [-0.3, -0.25) is 0 Å². The molecule has 0 spiro atoms. The maximum Gasteiger partial charge on any atom is 0.338 e. The van der Waals surface area contributed by atoms with Gasteiger partial charge in [-0.1, -0.05) is 0 Å². The standard InChI is InChI=1S/C17H17FO5/c1-20-14-7-5-13(18)8-12(14)10-23-17(19)11-4-6-15(21-2)16(9-11)22-3/h4-9H,10H2,1-3H3. The fourth-order valence-corrected chi connectivity index (χ4v) is 2.05. The number of hydrogen-bond acceptors (Lipinski definition) is 5. The monoisotopic (exact) mass is 320 g/mol. The number of esters is 1. The van der Waals surface area contributed by atoms with Crippen molar-refractivity contribution >= 4 is 5.97 Å². The lowest BCUT2D eigenvalue weighted by molar-refractivity contribution is 0.0469. The van der Waals surface area contributed by atoms with E-state index in [4.69, 9.17) is 18.9 Å². The van der Waals surface area contributed by atoms with Gasteiger partial charge in [-0.2, -0.15) is 0 Å². The summed E-state index contributed by atoms with van der Waals surface area (Å²) in [6, 6.07) is 8.71. The second-order valence-corrected chi connectivity index (χ2v) is 4.60. The van der Waals surface area contributed by atoms with Crippen LogP contribution in [0.4, 0.5) is 4.39 Å². The summed E-state index contributed by atoms with van der Waals surface area (Å²) >= 11 is 0. The Balaban J connectivity index is 2.12. The molecule has 6 heteroatoms. The molecule has 2 rings (SSSR count). The minimum Gasteiger partial charge on any atom is -0.496 e. The van der Waals surface area contributed by atoms with Crippen LogP contribution in [0.1, 0.15) is 15.9 Å². The third kappa shape index (κ3) is 3.91. The zero-order valence-corrected chi connectivity index (χ0v) is 13.1. The van der Waals surface area contributed by atoms with E-state index in [1.165, 1.54) is 45.6 Å². The second-order valence-electron chi connectivity index (χ2n) is 4.60. The molecule has 2 aromatic carbocycles. The van der Waals surface area contributed by atoms with Crippen LogP contribution in [0.15, 0.2) is 36.4 Å². The number of ether oxygens (including phenoxy) is 4. The number of carbonyl (C=O) groups excluding carboxylic acids is 1. The van der Waals surface area contributed by atoms with E-state index in [1.807, 2.05) is 0 Å². The first-order chi connectivity index (χ1) is 11.1. The first-order valence-electron chi connectivity index (χ1n) is 6.80. The van der Waals surface area contributed by atoms with E-state index in [-0.39, 0.29) is 6.61 Å². The molecule has 0 saturated heterocycles. The van der Waals surface area contributed by atoms with Crippen LogP contribution < -0.4 is 14.2 Å². The van der Waals surface area contributed by atoms with Crippen molar-refractivity contribution in [1.82, 2.24) is 0 Å². The molecule has 0 amide bonds. The molecule has 0 N–H and O–H groups in total. The molecule has 0 aliphatic heterocycles. The van der Waals surface area contributed by atoms with Crippen LogP contribution >= 0.6 is 0 Å². The zero-order chi connectivity index (χ0) is 16.8. The Hall–Kier alpha value is -2.76. The highest BCUT2D eigenvalue weighted by atomic mass is 19.1. The van der Waals surface area contributed by atoms with Crippen molar-refractivity contribution < 1.29 is 28.1 Å². The van der Waals surface area contributed by atoms with Crippen molar-refractivity contribution in [2.24, 2.45) is 0 Å². The van der Waals surface area contributed by atoms with Crippen LogP contribution in [0.5, 0.6) is 17.2 Å². The first-order valence-corrected chi connectivity index (χ1v) is 6.80. The maximum atomic E-state index is 13.3. The fourth-order valence-electron chi connectivity index (χ4n) is 2.05. The fraction of sp³-hybridized carbons (Fsp3) is 0.235.